The van der Waals surface area contributed by atoms with Crippen molar-refractivity contribution in [2.75, 3.05) is 13.7 Å². The summed E-state index contributed by atoms with van der Waals surface area (Å²) < 4.78 is 17.8. The van der Waals surface area contributed by atoms with Gasteiger partial charge in [0.1, 0.15) is 0 Å². The van der Waals surface area contributed by atoms with Crippen LogP contribution in [0.15, 0.2) is 18.2 Å². The van der Waals surface area contributed by atoms with E-state index >= 15 is 0 Å². The van der Waals surface area contributed by atoms with Crippen LogP contribution >= 0.6 is 17.0 Å². The zero-order valence-corrected chi connectivity index (χ0v) is 9.33. The molecule has 0 aromatic heterocycles. The minimum absolute atomic E-state index is 0. The van der Waals surface area contributed by atoms with E-state index in [4.69, 9.17) is 10.5 Å². The topological polar surface area (TPSA) is 52.3 Å². The third kappa shape index (κ3) is 2.52. The van der Waals surface area contributed by atoms with E-state index in [2.05, 4.69) is 0 Å². The summed E-state index contributed by atoms with van der Waals surface area (Å²) in [6.45, 7) is -0.153. The number of hydrogen-bond donors (Lipinski definition) is 1. The van der Waals surface area contributed by atoms with Gasteiger partial charge in [-0.2, -0.15) is 0 Å². The average Bonchev–Trinajstić information content (AvgIpc) is 2.16. The molecule has 78 valence electrons. The van der Waals surface area contributed by atoms with Gasteiger partial charge < -0.3 is 10.5 Å². The minimum atomic E-state index is -0.554. The van der Waals surface area contributed by atoms with Crippen LogP contribution in [0.1, 0.15) is 10.4 Å². The number of methoxy groups -OCH3 is 1. The van der Waals surface area contributed by atoms with Gasteiger partial charge in [-0.25, -0.2) is 4.39 Å². The van der Waals surface area contributed by atoms with Crippen LogP contribution in [-0.2, 0) is 0 Å². The van der Waals surface area contributed by atoms with Crippen LogP contribution in [0.5, 0.6) is 5.75 Å². The molecule has 0 spiro atoms. The number of hydrogen-bond acceptors (Lipinski definition) is 3. The summed E-state index contributed by atoms with van der Waals surface area (Å²) in [6, 6.07) is 4.16. The molecule has 1 aromatic carbocycles. The summed E-state index contributed by atoms with van der Waals surface area (Å²) >= 11 is 0. The van der Waals surface area contributed by atoms with Crippen LogP contribution in [0.3, 0.4) is 0 Å². The Morgan fingerprint density at radius 2 is 2.21 bits per heavy atom. The van der Waals surface area contributed by atoms with E-state index in [9.17, 15) is 9.18 Å². The van der Waals surface area contributed by atoms with Crippen LogP contribution in [0.4, 0.5) is 4.39 Å². The van der Waals surface area contributed by atoms with Crippen molar-refractivity contribution in [2.45, 2.75) is 0 Å². The normalized spacial score (nSPS) is 9.07. The molecule has 0 radical (unpaired) electrons. The molecule has 0 saturated carbocycles. The zero-order valence-electron chi connectivity index (χ0n) is 7.62. The first-order valence-electron chi connectivity index (χ1n) is 3.76. The summed E-state index contributed by atoms with van der Waals surface area (Å²) in [5, 5.41) is 0. The van der Waals surface area contributed by atoms with Crippen molar-refractivity contribution in [1.82, 2.24) is 0 Å². The van der Waals surface area contributed by atoms with Gasteiger partial charge in [0, 0.05) is 0 Å². The molecule has 0 amide bonds. The lowest BCUT2D eigenvalue weighted by molar-refractivity contribution is 0.0997. The highest BCUT2D eigenvalue weighted by atomic mass is 79.9. The number of Topliss-reactive ketones (excluding diaryl/α,β-unsaturated/α-hetero) is 1. The van der Waals surface area contributed by atoms with Gasteiger partial charge in [0.15, 0.2) is 17.3 Å². The molecule has 1 rings (SSSR count). The van der Waals surface area contributed by atoms with E-state index < -0.39 is 5.82 Å². The van der Waals surface area contributed by atoms with E-state index in [0.717, 1.165) is 0 Å². The SMILES string of the molecule is Br.COc1c(F)cccc1C(=O)CN. The molecule has 14 heavy (non-hydrogen) atoms. The van der Waals surface area contributed by atoms with Crippen LogP contribution in [-0.4, -0.2) is 19.4 Å². The standard InChI is InChI=1S/C9H10FNO2.BrH/c1-13-9-6(8(12)5-11)3-2-4-7(9)10;/h2-4H,5,11H2,1H3;1H. The number of carbonyl (C=O) groups excluding carboxylic acids is 1. The number of nitrogens with two attached hydrogens (primary N) is 1. The largest absolute Gasteiger partial charge is 0.493 e. The van der Waals surface area contributed by atoms with Crippen LogP contribution in [0.25, 0.3) is 0 Å². The van der Waals surface area contributed by atoms with Crippen molar-refractivity contribution in [3.05, 3.63) is 29.6 Å². The van der Waals surface area contributed by atoms with Crippen molar-refractivity contribution in [2.24, 2.45) is 5.73 Å². The van der Waals surface area contributed by atoms with Crippen molar-refractivity contribution in [1.29, 1.82) is 0 Å². The maximum atomic E-state index is 13.0. The van der Waals surface area contributed by atoms with Crippen molar-refractivity contribution in [3.8, 4) is 5.75 Å². The number of ether oxygens (including phenoxy) is 1. The first kappa shape index (κ1) is 13.1. The van der Waals surface area contributed by atoms with E-state index in [-0.39, 0.29) is 40.6 Å². The number of benzene rings is 1. The maximum Gasteiger partial charge on any atom is 0.180 e. The second kappa shape index (κ2) is 5.72. The summed E-state index contributed by atoms with van der Waals surface area (Å²) in [6.07, 6.45) is 0. The monoisotopic (exact) mass is 263 g/mol. The Kier molecular flexibility index (Phi) is 5.34. The van der Waals surface area contributed by atoms with E-state index in [0.29, 0.717) is 0 Å². The zero-order chi connectivity index (χ0) is 9.84. The number of halogens is 2. The van der Waals surface area contributed by atoms with Gasteiger partial charge >= 0.3 is 0 Å². The summed E-state index contributed by atoms with van der Waals surface area (Å²) in [5.41, 5.74) is 5.34. The molecule has 0 fully saturated rings. The highest BCUT2D eigenvalue weighted by Gasteiger charge is 2.13. The quantitative estimate of drug-likeness (QED) is 0.843. The number of rotatable bonds is 3. The molecular formula is C9H11BrFNO2. The Morgan fingerprint density at radius 3 is 2.71 bits per heavy atom. The van der Waals surface area contributed by atoms with Crippen molar-refractivity contribution < 1.29 is 13.9 Å². The molecule has 1 aromatic rings. The fraction of sp³-hybridized carbons (Fsp3) is 0.222. The second-order valence-electron chi connectivity index (χ2n) is 2.45. The Hall–Kier alpha value is -0.940. The van der Waals surface area contributed by atoms with Gasteiger partial charge in [0.05, 0.1) is 19.2 Å². The Labute approximate surface area is 91.8 Å². The fourth-order valence-electron chi connectivity index (χ4n) is 1.05. The molecule has 0 unspecified atom stereocenters. The van der Waals surface area contributed by atoms with Crippen LogP contribution < -0.4 is 10.5 Å². The van der Waals surface area contributed by atoms with Gasteiger partial charge in [-0.3, -0.25) is 4.79 Å². The molecule has 0 aliphatic heterocycles. The first-order valence-corrected chi connectivity index (χ1v) is 3.76. The van der Waals surface area contributed by atoms with Gasteiger partial charge in [-0.1, -0.05) is 6.07 Å². The Morgan fingerprint density at radius 1 is 1.57 bits per heavy atom. The predicted octanol–water partition coefficient (Wildman–Crippen LogP) is 1.55. The number of carbonyl (C=O) groups is 1. The number of ketones is 1. The molecule has 0 bridgehead atoms. The molecule has 0 atom stereocenters. The molecule has 2 N–H and O–H groups in total. The van der Waals surface area contributed by atoms with Gasteiger partial charge in [-0.05, 0) is 12.1 Å². The van der Waals surface area contributed by atoms with Crippen molar-refractivity contribution in [3.63, 3.8) is 0 Å². The summed E-state index contributed by atoms with van der Waals surface area (Å²) in [5.74, 6) is -0.934. The highest BCUT2D eigenvalue weighted by molar-refractivity contribution is 8.93. The molecule has 0 aliphatic carbocycles. The summed E-state index contributed by atoms with van der Waals surface area (Å²) in [7, 11) is 1.31. The molecule has 3 nitrogen and oxygen atoms in total. The number of para-hydroxylation sites is 1. The molecule has 5 heteroatoms. The second-order valence-corrected chi connectivity index (χ2v) is 2.45. The molecule has 0 saturated heterocycles. The fourth-order valence-corrected chi connectivity index (χ4v) is 1.05. The Balaban J connectivity index is 0.00000169. The molecule has 0 aliphatic rings. The third-order valence-electron chi connectivity index (χ3n) is 1.66. The third-order valence-corrected chi connectivity index (χ3v) is 1.66. The van der Waals surface area contributed by atoms with E-state index in [1.807, 2.05) is 0 Å². The van der Waals surface area contributed by atoms with Gasteiger partial charge in [-0.15, -0.1) is 17.0 Å². The molecular weight excluding hydrogens is 253 g/mol. The lowest BCUT2D eigenvalue weighted by Crippen LogP contribution is -2.15. The summed E-state index contributed by atoms with van der Waals surface area (Å²) in [4.78, 5) is 11.2. The first-order chi connectivity index (χ1) is 6.20. The van der Waals surface area contributed by atoms with Crippen LogP contribution in [0.2, 0.25) is 0 Å². The smallest absolute Gasteiger partial charge is 0.180 e. The van der Waals surface area contributed by atoms with Gasteiger partial charge in [0.25, 0.3) is 0 Å². The minimum Gasteiger partial charge on any atom is -0.493 e. The van der Waals surface area contributed by atoms with Gasteiger partial charge in [0.2, 0.25) is 0 Å². The maximum absolute atomic E-state index is 13.0. The average molecular weight is 264 g/mol. The van der Waals surface area contributed by atoms with Crippen LogP contribution in [0, 0.1) is 5.82 Å². The lowest BCUT2D eigenvalue weighted by atomic mass is 10.1. The lowest BCUT2D eigenvalue weighted by Gasteiger charge is -2.06. The predicted molar refractivity (Wildman–Crippen MR) is 56.7 cm³/mol. The van der Waals surface area contributed by atoms with Crippen molar-refractivity contribution >= 4 is 22.8 Å². The molecule has 0 heterocycles. The van der Waals surface area contributed by atoms with E-state index in [1.54, 1.807) is 0 Å². The Bertz CT molecular complexity index is 331. The highest BCUT2D eigenvalue weighted by Crippen LogP contribution is 2.21. The van der Waals surface area contributed by atoms with E-state index in [1.165, 1.54) is 25.3 Å².